The molecule has 0 N–H and O–H groups in total. The van der Waals surface area contributed by atoms with Crippen LogP contribution in [0.3, 0.4) is 0 Å². The summed E-state index contributed by atoms with van der Waals surface area (Å²) >= 11 is 11.0. The summed E-state index contributed by atoms with van der Waals surface area (Å²) in [6.45, 7) is 0.703. The van der Waals surface area contributed by atoms with Crippen LogP contribution in [0.15, 0.2) is 4.99 Å². The van der Waals surface area contributed by atoms with Crippen LogP contribution in [0.1, 0.15) is 0 Å². The molecule has 0 amide bonds. The van der Waals surface area contributed by atoms with Crippen molar-refractivity contribution in [1.82, 2.24) is 0 Å². The van der Waals surface area contributed by atoms with Crippen LogP contribution < -0.4 is 0 Å². The van der Waals surface area contributed by atoms with Gasteiger partial charge < -0.3 is 0 Å². The van der Waals surface area contributed by atoms with Crippen molar-refractivity contribution in [3.8, 4) is 0 Å². The van der Waals surface area contributed by atoms with Crippen molar-refractivity contribution in [2.24, 2.45) is 4.99 Å². The predicted octanol–water partition coefficient (Wildman–Crippen LogP) is 2.25. The van der Waals surface area contributed by atoms with E-state index in [1.54, 1.807) is 0 Å². The number of isothiocyanates is 1. The fourth-order valence-corrected chi connectivity index (χ4v) is 0.609. The molecule has 0 fully saturated rings. The number of thiocarbonyl (C=S) groups is 1. The van der Waals surface area contributed by atoms with Crippen LogP contribution in [0.25, 0.3) is 0 Å². The van der Waals surface area contributed by atoms with Gasteiger partial charge in [0.25, 0.3) is 0 Å². The van der Waals surface area contributed by atoms with Gasteiger partial charge in [0.1, 0.15) is 0 Å². The molecule has 0 saturated heterocycles. The Balaban J connectivity index is 3.23. The highest BCUT2D eigenvalue weighted by Gasteiger charge is 1.96. The highest BCUT2D eigenvalue weighted by Crippen LogP contribution is 2.02. The summed E-state index contributed by atoms with van der Waals surface area (Å²) in [7, 11) is 0. The molecule has 1 nitrogen and oxygen atoms in total. The number of alkyl halides is 2. The summed E-state index contributed by atoms with van der Waals surface area (Å²) in [5, 5.41) is 3.19. The molecule has 0 bridgehead atoms. The molecule has 0 rings (SSSR count). The maximum absolute atomic E-state index is 4.37. The highest BCUT2D eigenvalue weighted by molar-refractivity contribution is 9.12. The lowest BCUT2D eigenvalue weighted by Crippen LogP contribution is -2.02. The van der Waals surface area contributed by atoms with E-state index < -0.39 is 0 Å². The summed E-state index contributed by atoms with van der Waals surface area (Å²) in [5.41, 5.74) is 0. The Labute approximate surface area is 70.8 Å². The molecule has 4 heteroatoms. The molecular formula is C4H5Br2NS. The Morgan fingerprint density at radius 2 is 2.38 bits per heavy atom. The topological polar surface area (TPSA) is 12.4 Å². The van der Waals surface area contributed by atoms with Gasteiger partial charge in [-0.3, -0.25) is 0 Å². The SMILES string of the molecule is S=C=NC[C@H](Br)CBr. The second kappa shape index (κ2) is 5.89. The third-order valence-corrected chi connectivity index (χ3v) is 2.91. The van der Waals surface area contributed by atoms with Gasteiger partial charge >= 0.3 is 0 Å². The Morgan fingerprint density at radius 1 is 1.75 bits per heavy atom. The van der Waals surface area contributed by atoms with Crippen molar-refractivity contribution in [1.29, 1.82) is 0 Å². The molecule has 0 aliphatic rings. The number of aliphatic imine (C=N–C) groups is 1. The summed E-state index contributed by atoms with van der Waals surface area (Å²) in [6, 6.07) is 0. The van der Waals surface area contributed by atoms with Crippen LogP contribution in [-0.2, 0) is 0 Å². The molecule has 0 radical (unpaired) electrons. The number of halogens is 2. The van der Waals surface area contributed by atoms with E-state index in [9.17, 15) is 0 Å². The molecule has 0 aromatic rings. The minimum absolute atomic E-state index is 0.387. The van der Waals surface area contributed by atoms with Crippen molar-refractivity contribution < 1.29 is 0 Å². The van der Waals surface area contributed by atoms with E-state index in [1.165, 1.54) is 0 Å². The van der Waals surface area contributed by atoms with Crippen molar-refractivity contribution in [2.75, 3.05) is 11.9 Å². The lowest BCUT2D eigenvalue weighted by molar-refractivity contribution is 0.992. The quantitative estimate of drug-likeness (QED) is 0.430. The molecule has 8 heavy (non-hydrogen) atoms. The Kier molecular flexibility index (Phi) is 6.45. The van der Waals surface area contributed by atoms with Crippen LogP contribution >= 0.6 is 44.1 Å². The fourth-order valence-electron chi connectivity index (χ4n) is 0.185. The third kappa shape index (κ3) is 4.91. The summed E-state index contributed by atoms with van der Waals surface area (Å²) in [6.07, 6.45) is 0. The summed E-state index contributed by atoms with van der Waals surface area (Å²) < 4.78 is 0. The molecule has 0 unspecified atom stereocenters. The second-order valence-electron chi connectivity index (χ2n) is 1.18. The number of rotatable bonds is 3. The van der Waals surface area contributed by atoms with Crippen LogP contribution in [0.2, 0.25) is 0 Å². The van der Waals surface area contributed by atoms with E-state index in [1.807, 2.05) is 0 Å². The second-order valence-corrected chi connectivity index (χ2v) is 3.31. The molecule has 0 aliphatic carbocycles. The first-order valence-corrected chi connectivity index (χ1v) is 4.49. The molecule has 0 aromatic carbocycles. The number of hydrogen-bond donors (Lipinski definition) is 0. The van der Waals surface area contributed by atoms with Crippen molar-refractivity contribution in [3.63, 3.8) is 0 Å². The molecule has 0 heterocycles. The molecule has 46 valence electrons. The third-order valence-electron chi connectivity index (χ3n) is 0.521. The first-order valence-electron chi connectivity index (χ1n) is 2.05. The zero-order valence-electron chi connectivity index (χ0n) is 4.10. The first kappa shape index (κ1) is 8.76. The van der Waals surface area contributed by atoms with Gasteiger partial charge in [0.2, 0.25) is 0 Å². The average Bonchev–Trinajstić information content (AvgIpc) is 1.83. The molecule has 0 aromatic heterocycles. The van der Waals surface area contributed by atoms with Gasteiger partial charge in [-0.2, -0.15) is 0 Å². The maximum atomic E-state index is 4.37. The van der Waals surface area contributed by atoms with E-state index >= 15 is 0 Å². The van der Waals surface area contributed by atoms with E-state index in [-0.39, 0.29) is 0 Å². The molecule has 1 atom stereocenters. The van der Waals surface area contributed by atoms with Gasteiger partial charge in [0, 0.05) is 10.2 Å². The first-order chi connectivity index (χ1) is 3.81. The van der Waals surface area contributed by atoms with Gasteiger partial charge in [-0.1, -0.05) is 31.9 Å². The summed E-state index contributed by atoms with van der Waals surface area (Å²) in [5.74, 6) is 0. The van der Waals surface area contributed by atoms with Crippen LogP contribution in [0, 0.1) is 0 Å². The lowest BCUT2D eigenvalue weighted by atomic mass is 10.5. The van der Waals surface area contributed by atoms with Gasteiger partial charge in [-0.25, -0.2) is 4.99 Å². The monoisotopic (exact) mass is 257 g/mol. The van der Waals surface area contributed by atoms with Gasteiger partial charge in [0.15, 0.2) is 0 Å². The fraction of sp³-hybridized carbons (Fsp3) is 0.750. The predicted molar refractivity (Wildman–Crippen MR) is 46.4 cm³/mol. The molecule has 0 aliphatic heterocycles. The van der Waals surface area contributed by atoms with Crippen LogP contribution in [0.5, 0.6) is 0 Å². The standard InChI is InChI=1S/C4H5Br2NS/c5-1-4(6)2-7-3-8/h4H,1-2H2/t4-/m1/s1. The van der Waals surface area contributed by atoms with E-state index in [0.29, 0.717) is 11.4 Å². The highest BCUT2D eigenvalue weighted by atomic mass is 79.9. The molecular weight excluding hydrogens is 254 g/mol. The zero-order valence-corrected chi connectivity index (χ0v) is 8.09. The smallest absolute Gasteiger partial charge is 0.0626 e. The largest absolute Gasteiger partial charge is 0.231 e. The number of hydrogen-bond acceptors (Lipinski definition) is 2. The van der Waals surface area contributed by atoms with Crippen molar-refractivity contribution in [2.45, 2.75) is 4.83 Å². The van der Waals surface area contributed by atoms with E-state index in [2.05, 4.69) is 54.2 Å². The molecule has 0 saturated carbocycles. The Morgan fingerprint density at radius 3 is 2.75 bits per heavy atom. The summed E-state index contributed by atoms with van der Waals surface area (Å²) in [4.78, 5) is 4.12. The van der Waals surface area contributed by atoms with E-state index in [4.69, 9.17) is 0 Å². The average molecular weight is 259 g/mol. The van der Waals surface area contributed by atoms with Gasteiger partial charge in [0.05, 0.1) is 11.7 Å². The minimum atomic E-state index is 0.387. The lowest BCUT2D eigenvalue weighted by Gasteiger charge is -1.95. The van der Waals surface area contributed by atoms with Gasteiger partial charge in [-0.05, 0) is 12.2 Å². The van der Waals surface area contributed by atoms with Crippen LogP contribution in [0.4, 0.5) is 0 Å². The minimum Gasteiger partial charge on any atom is -0.231 e. The zero-order chi connectivity index (χ0) is 6.41. The Bertz CT molecular complexity index is 100. The normalized spacial score (nSPS) is 12.2. The van der Waals surface area contributed by atoms with Gasteiger partial charge in [-0.15, -0.1) is 0 Å². The van der Waals surface area contributed by atoms with Crippen molar-refractivity contribution >= 4 is 49.2 Å². The maximum Gasteiger partial charge on any atom is 0.0626 e. The van der Waals surface area contributed by atoms with Crippen LogP contribution in [-0.4, -0.2) is 21.9 Å². The number of nitrogens with zero attached hydrogens (tertiary/aromatic N) is 1. The van der Waals surface area contributed by atoms with E-state index in [0.717, 1.165) is 5.33 Å². The molecule has 0 spiro atoms. The Hall–Kier alpha value is 0.760. The van der Waals surface area contributed by atoms with Crippen molar-refractivity contribution in [3.05, 3.63) is 0 Å².